The third-order valence-electron chi connectivity index (χ3n) is 2.64. The van der Waals surface area contributed by atoms with Crippen LogP contribution in [0.3, 0.4) is 0 Å². The molecule has 11 heteroatoms. The van der Waals surface area contributed by atoms with Crippen LogP contribution in [0.2, 0.25) is 0 Å². The van der Waals surface area contributed by atoms with E-state index in [4.69, 9.17) is 0 Å². The van der Waals surface area contributed by atoms with Crippen LogP contribution in [0.4, 0.5) is 5.69 Å². The van der Waals surface area contributed by atoms with E-state index < -0.39 is 4.92 Å². The number of benzene rings is 1. The van der Waals surface area contributed by atoms with Crippen LogP contribution in [0.5, 0.6) is 0 Å². The van der Waals surface area contributed by atoms with Crippen molar-refractivity contribution in [1.82, 2.24) is 13.6 Å². The van der Waals surface area contributed by atoms with E-state index in [0.29, 0.717) is 4.96 Å². The molecule has 0 N–H and O–H groups in total. The smallest absolute Gasteiger partial charge is 0.429 e. The number of nitroso groups, excluding NO2 is 1. The average Bonchev–Trinajstić information content (AvgIpc) is 3.06. The Kier molecular flexibility index (Phi) is 3.19. The average molecular weight is 323 g/mol. The van der Waals surface area contributed by atoms with Crippen molar-refractivity contribution in [3.05, 3.63) is 54.7 Å². The maximum atomic E-state index is 11.2. The van der Waals surface area contributed by atoms with Gasteiger partial charge < -0.3 is 5.21 Å². The van der Waals surface area contributed by atoms with Crippen LogP contribution in [0.1, 0.15) is 0 Å². The van der Waals surface area contributed by atoms with Gasteiger partial charge in [0.2, 0.25) is 0 Å². The van der Waals surface area contributed by atoms with Gasteiger partial charge in [-0.3, -0.25) is 10.1 Å². The highest BCUT2D eigenvalue weighted by Gasteiger charge is 2.16. The van der Waals surface area contributed by atoms with Gasteiger partial charge in [0.15, 0.2) is 5.29 Å². The molecule has 0 aliphatic heterocycles. The summed E-state index contributed by atoms with van der Waals surface area (Å²) in [5.41, 5.74) is 1.47. The van der Waals surface area contributed by atoms with Crippen molar-refractivity contribution in [2.75, 3.05) is 0 Å². The van der Waals surface area contributed by atoms with E-state index in [2.05, 4.69) is 10.3 Å². The minimum atomic E-state index is -0.476. The maximum absolute atomic E-state index is 11.2. The minimum absolute atomic E-state index is 0.00361. The molecule has 3 rings (SSSR count). The number of aromatic nitrogens is 2. The van der Waals surface area contributed by atoms with Gasteiger partial charge in [-0.05, 0) is 12.1 Å². The van der Waals surface area contributed by atoms with Gasteiger partial charge in [-0.2, -0.15) is 0 Å². The van der Waals surface area contributed by atoms with Gasteiger partial charge >= 0.3 is 9.76 Å². The van der Waals surface area contributed by atoms with Gasteiger partial charge in [0.25, 0.3) is 5.69 Å². The third kappa shape index (κ3) is 2.28. The van der Waals surface area contributed by atoms with Crippen molar-refractivity contribution in [3.63, 3.8) is 0 Å². The number of hydrogen-bond acceptors (Lipinski definition) is 8. The predicted molar refractivity (Wildman–Crippen MR) is 77.5 cm³/mol. The summed E-state index contributed by atoms with van der Waals surface area (Å²) in [6.07, 6.45) is 0. The lowest BCUT2D eigenvalue weighted by Crippen LogP contribution is -2.16. The van der Waals surface area contributed by atoms with Crippen molar-refractivity contribution in [2.45, 2.75) is 0 Å². The fourth-order valence-corrected chi connectivity index (χ4v) is 3.63. The van der Waals surface area contributed by atoms with E-state index in [1.165, 1.54) is 23.5 Å². The summed E-state index contributed by atoms with van der Waals surface area (Å²) in [6.45, 7) is 0. The Morgan fingerprint density at radius 2 is 1.95 bits per heavy atom. The van der Waals surface area contributed by atoms with E-state index >= 15 is 0 Å². The van der Waals surface area contributed by atoms with Crippen LogP contribution >= 0.6 is 22.9 Å². The fraction of sp³-hybridized carbons (Fsp3) is 0. The summed E-state index contributed by atoms with van der Waals surface area (Å²) in [6, 6.07) is 6.01. The molecule has 0 aliphatic carbocycles. The molecular formula is C10H5N5O4S2. The number of non-ortho nitro benzene ring substituents is 1. The fourth-order valence-electron chi connectivity index (χ4n) is 1.70. The Hall–Kier alpha value is -2.66. The molecule has 21 heavy (non-hydrogen) atoms. The SMILES string of the molecule is O=N/[N+]([O-])=c1/nc2scc(-c3ccc([N+](=O)[O-])cc3)n2s1. The predicted octanol–water partition coefficient (Wildman–Crippen LogP) is 1.98. The number of nitrogens with zero attached hydrogens (tertiary/aromatic N) is 5. The zero-order valence-electron chi connectivity index (χ0n) is 10.1. The zero-order valence-corrected chi connectivity index (χ0v) is 11.7. The molecule has 2 aromatic heterocycles. The first-order chi connectivity index (χ1) is 10.1. The molecule has 0 saturated carbocycles. The quantitative estimate of drug-likeness (QED) is 0.316. The largest absolute Gasteiger partial charge is 0.688 e. The van der Waals surface area contributed by atoms with Crippen LogP contribution in [-0.4, -0.2) is 13.7 Å². The van der Waals surface area contributed by atoms with E-state index in [1.807, 2.05) is 5.38 Å². The van der Waals surface area contributed by atoms with Crippen LogP contribution < -0.4 is 9.65 Å². The van der Waals surface area contributed by atoms with Crippen molar-refractivity contribution < 1.29 is 4.92 Å². The molecule has 2 heterocycles. The lowest BCUT2D eigenvalue weighted by atomic mass is 10.1. The van der Waals surface area contributed by atoms with Crippen molar-refractivity contribution in [3.8, 4) is 11.3 Å². The van der Waals surface area contributed by atoms with E-state index in [0.717, 1.165) is 22.8 Å². The normalized spacial score (nSPS) is 12.4. The monoisotopic (exact) mass is 323 g/mol. The Morgan fingerprint density at radius 1 is 1.24 bits per heavy atom. The first-order valence-corrected chi connectivity index (χ1v) is 7.11. The van der Waals surface area contributed by atoms with Gasteiger partial charge in [0.05, 0.1) is 10.6 Å². The second-order valence-corrected chi connectivity index (χ2v) is 5.59. The maximum Gasteiger partial charge on any atom is 0.429 e. The molecule has 0 unspecified atom stereocenters. The molecule has 0 spiro atoms. The summed E-state index contributed by atoms with van der Waals surface area (Å²) in [4.78, 5) is 24.7. The molecule has 0 amide bonds. The van der Waals surface area contributed by atoms with Crippen LogP contribution in [0.25, 0.3) is 16.2 Å². The number of fused-ring (bicyclic) bond motifs is 1. The van der Waals surface area contributed by atoms with Gasteiger partial charge in [-0.25, -0.2) is 3.79 Å². The Balaban J connectivity index is 2.14. The summed E-state index contributed by atoms with van der Waals surface area (Å²) < 4.78 is 1.66. The van der Waals surface area contributed by atoms with E-state index in [9.17, 15) is 20.2 Å². The van der Waals surface area contributed by atoms with Crippen LogP contribution in [0, 0.1) is 20.2 Å². The topological polar surface area (TPSA) is 116 Å². The Labute approximate surface area is 123 Å². The number of rotatable bonds is 3. The molecule has 0 fully saturated rings. The summed E-state index contributed by atoms with van der Waals surface area (Å²) in [5, 5.41) is 25.9. The van der Waals surface area contributed by atoms with Crippen LogP contribution in [0.15, 0.2) is 34.9 Å². The lowest BCUT2D eigenvalue weighted by molar-refractivity contribution is -0.384. The van der Waals surface area contributed by atoms with Gasteiger partial charge in [-0.15, -0.1) is 4.91 Å². The van der Waals surface area contributed by atoms with Gasteiger partial charge in [-0.1, -0.05) is 16.2 Å². The Morgan fingerprint density at radius 3 is 2.57 bits per heavy atom. The van der Waals surface area contributed by atoms with Gasteiger partial charge in [0.1, 0.15) is 0 Å². The second kappa shape index (κ2) is 5.03. The molecule has 0 atom stereocenters. The third-order valence-corrected chi connectivity index (χ3v) is 4.55. The molecule has 106 valence electrons. The minimum Gasteiger partial charge on any atom is -0.688 e. The lowest BCUT2D eigenvalue weighted by Gasteiger charge is -1.97. The molecule has 1 aromatic carbocycles. The molecule has 9 nitrogen and oxygen atoms in total. The standard InChI is InChI=1S/C10H5N5O4S2/c16-12-14(17)10-11-9-13(21-10)8(5-20-9)6-1-3-7(4-2-6)15(18)19/h1-5H/b14-10+. The highest BCUT2D eigenvalue weighted by atomic mass is 32.1. The molecular weight excluding hydrogens is 318 g/mol. The van der Waals surface area contributed by atoms with Crippen molar-refractivity contribution in [2.24, 2.45) is 5.29 Å². The van der Waals surface area contributed by atoms with Crippen LogP contribution in [-0.2, 0) is 0 Å². The Bertz CT molecular complexity index is 908. The van der Waals surface area contributed by atoms with E-state index in [1.54, 1.807) is 15.9 Å². The van der Waals surface area contributed by atoms with Crippen molar-refractivity contribution in [1.29, 1.82) is 0 Å². The zero-order chi connectivity index (χ0) is 15.0. The molecule has 3 aromatic rings. The van der Waals surface area contributed by atoms with Crippen molar-refractivity contribution >= 4 is 33.5 Å². The number of nitro benzene ring substituents is 1. The highest BCUT2D eigenvalue weighted by molar-refractivity contribution is 7.17. The number of thiazole rings is 1. The first kappa shape index (κ1) is 13.3. The molecule has 0 saturated heterocycles. The second-order valence-electron chi connectivity index (χ2n) is 3.84. The van der Waals surface area contributed by atoms with E-state index in [-0.39, 0.29) is 15.3 Å². The first-order valence-electron chi connectivity index (χ1n) is 5.46. The number of nitro groups is 1. The molecule has 0 aliphatic rings. The summed E-state index contributed by atoms with van der Waals surface area (Å²) in [7, 11) is 0. The summed E-state index contributed by atoms with van der Waals surface area (Å²) >= 11 is 2.26. The number of hydrogen-bond donors (Lipinski definition) is 0. The molecule has 0 bridgehead atoms. The highest BCUT2D eigenvalue weighted by Crippen LogP contribution is 2.27. The molecule has 0 radical (unpaired) electrons. The van der Waals surface area contributed by atoms with Gasteiger partial charge in [0, 0.05) is 39.6 Å². The summed E-state index contributed by atoms with van der Waals surface area (Å²) in [5.74, 6) is 0.